The molecule has 1 saturated heterocycles. The number of hydrogen-bond donors (Lipinski definition) is 0. The van der Waals surface area contributed by atoms with Crippen LogP contribution < -0.4 is 0 Å². The van der Waals surface area contributed by atoms with Crippen LogP contribution in [0.2, 0.25) is 0 Å². The van der Waals surface area contributed by atoms with E-state index in [4.69, 9.17) is 0 Å². The topological polar surface area (TPSA) is 6.48 Å². The summed E-state index contributed by atoms with van der Waals surface area (Å²) in [6.45, 7) is 6.96. The highest BCUT2D eigenvalue weighted by Crippen LogP contribution is 2.12. The molecular weight excluding hydrogens is 268 g/mol. The van der Waals surface area contributed by atoms with Gasteiger partial charge in [-0.3, -0.25) is 4.90 Å². The van der Waals surface area contributed by atoms with Gasteiger partial charge in [-0.05, 0) is 37.1 Å². The van der Waals surface area contributed by atoms with Crippen LogP contribution in [-0.2, 0) is 13.1 Å². The lowest BCUT2D eigenvalue weighted by Gasteiger charge is -2.25. The molecule has 2 nitrogen and oxygen atoms in total. The van der Waals surface area contributed by atoms with Crippen molar-refractivity contribution in [2.24, 2.45) is 0 Å². The van der Waals surface area contributed by atoms with Gasteiger partial charge in [0.15, 0.2) is 0 Å². The first-order valence-electron chi connectivity index (χ1n) is 8.43. The molecule has 1 fully saturated rings. The minimum Gasteiger partial charge on any atom is -0.302 e. The second-order valence-electron chi connectivity index (χ2n) is 6.23. The predicted molar refractivity (Wildman–Crippen MR) is 92.7 cm³/mol. The third kappa shape index (κ3) is 4.69. The Hall–Kier alpha value is -1.64. The van der Waals surface area contributed by atoms with E-state index in [1.807, 2.05) is 0 Å². The second kappa shape index (κ2) is 8.11. The Kier molecular flexibility index (Phi) is 5.63. The van der Waals surface area contributed by atoms with E-state index in [-0.39, 0.29) is 0 Å². The van der Waals surface area contributed by atoms with Crippen LogP contribution in [0.3, 0.4) is 0 Å². The predicted octanol–water partition coefficient (Wildman–Crippen LogP) is 3.78. The zero-order chi connectivity index (χ0) is 15.0. The van der Waals surface area contributed by atoms with Crippen LogP contribution in [0.1, 0.15) is 24.0 Å². The molecule has 1 aliphatic heterocycles. The molecule has 0 spiro atoms. The zero-order valence-electron chi connectivity index (χ0n) is 13.3. The average Bonchev–Trinajstić information content (AvgIpc) is 3.08. The number of benzene rings is 2. The van der Waals surface area contributed by atoms with Gasteiger partial charge in [0.05, 0.1) is 0 Å². The fraction of sp³-hybridized carbons (Fsp3) is 0.400. The van der Waals surface area contributed by atoms with Crippen molar-refractivity contribution in [3.8, 4) is 0 Å². The first-order valence-corrected chi connectivity index (χ1v) is 8.43. The lowest BCUT2D eigenvalue weighted by Crippen LogP contribution is -2.33. The molecule has 0 bridgehead atoms. The van der Waals surface area contributed by atoms with Crippen LogP contribution in [-0.4, -0.2) is 36.0 Å². The largest absolute Gasteiger partial charge is 0.302 e. The SMILES string of the molecule is c1ccc(CN(CCN2CCCC2)Cc2ccccc2)cc1. The summed E-state index contributed by atoms with van der Waals surface area (Å²) in [7, 11) is 0. The fourth-order valence-corrected chi connectivity index (χ4v) is 3.19. The van der Waals surface area contributed by atoms with Crippen LogP contribution in [0.4, 0.5) is 0 Å². The number of rotatable bonds is 7. The molecule has 0 atom stereocenters. The second-order valence-corrected chi connectivity index (χ2v) is 6.23. The van der Waals surface area contributed by atoms with Crippen LogP contribution in [0, 0.1) is 0 Å². The quantitative estimate of drug-likeness (QED) is 0.766. The van der Waals surface area contributed by atoms with E-state index in [9.17, 15) is 0 Å². The Bertz CT molecular complexity index is 491. The molecule has 2 heteroatoms. The molecule has 0 amide bonds. The highest BCUT2D eigenvalue weighted by atomic mass is 15.2. The maximum Gasteiger partial charge on any atom is 0.0237 e. The number of likely N-dealkylation sites (tertiary alicyclic amines) is 1. The van der Waals surface area contributed by atoms with Gasteiger partial charge in [-0.15, -0.1) is 0 Å². The van der Waals surface area contributed by atoms with Gasteiger partial charge in [0.25, 0.3) is 0 Å². The third-order valence-electron chi connectivity index (χ3n) is 4.43. The maximum absolute atomic E-state index is 2.60. The molecule has 1 heterocycles. The molecule has 0 unspecified atom stereocenters. The van der Waals surface area contributed by atoms with E-state index in [1.165, 1.54) is 43.6 Å². The Morgan fingerprint density at radius 3 is 1.73 bits per heavy atom. The molecule has 2 aromatic carbocycles. The lowest BCUT2D eigenvalue weighted by molar-refractivity contribution is 0.212. The first-order chi connectivity index (χ1) is 10.9. The lowest BCUT2D eigenvalue weighted by atomic mass is 10.1. The number of hydrogen-bond acceptors (Lipinski definition) is 2. The van der Waals surface area contributed by atoms with Crippen LogP contribution in [0.5, 0.6) is 0 Å². The van der Waals surface area contributed by atoms with E-state index in [1.54, 1.807) is 0 Å². The minimum absolute atomic E-state index is 1.03. The maximum atomic E-state index is 2.60. The summed E-state index contributed by atoms with van der Waals surface area (Å²) in [5.41, 5.74) is 2.81. The Balaban J connectivity index is 1.61. The van der Waals surface area contributed by atoms with Gasteiger partial charge >= 0.3 is 0 Å². The molecule has 0 aromatic heterocycles. The molecule has 3 rings (SSSR count). The van der Waals surface area contributed by atoms with Crippen molar-refractivity contribution < 1.29 is 0 Å². The molecule has 0 radical (unpaired) electrons. The fourth-order valence-electron chi connectivity index (χ4n) is 3.19. The van der Waals surface area contributed by atoms with E-state index < -0.39 is 0 Å². The number of nitrogens with zero attached hydrogens (tertiary/aromatic N) is 2. The van der Waals surface area contributed by atoms with Crippen molar-refractivity contribution in [3.05, 3.63) is 71.8 Å². The van der Waals surface area contributed by atoms with Crippen molar-refractivity contribution in [3.63, 3.8) is 0 Å². The van der Waals surface area contributed by atoms with Crippen LogP contribution in [0.25, 0.3) is 0 Å². The smallest absolute Gasteiger partial charge is 0.0237 e. The summed E-state index contributed by atoms with van der Waals surface area (Å²) in [4.78, 5) is 5.17. The molecular formula is C20H26N2. The van der Waals surface area contributed by atoms with Gasteiger partial charge in [-0.1, -0.05) is 60.7 Å². The van der Waals surface area contributed by atoms with Crippen molar-refractivity contribution in [2.45, 2.75) is 25.9 Å². The summed E-state index contributed by atoms with van der Waals surface area (Å²) in [6, 6.07) is 21.6. The molecule has 22 heavy (non-hydrogen) atoms. The van der Waals surface area contributed by atoms with Gasteiger partial charge < -0.3 is 4.90 Å². The highest BCUT2D eigenvalue weighted by Gasteiger charge is 2.13. The van der Waals surface area contributed by atoms with Crippen LogP contribution in [0.15, 0.2) is 60.7 Å². The van der Waals surface area contributed by atoms with Crippen molar-refractivity contribution >= 4 is 0 Å². The normalized spacial score (nSPS) is 15.5. The van der Waals surface area contributed by atoms with E-state index in [0.717, 1.165) is 19.6 Å². The third-order valence-corrected chi connectivity index (χ3v) is 4.43. The Labute approximate surface area is 134 Å². The van der Waals surface area contributed by atoms with E-state index in [2.05, 4.69) is 70.5 Å². The van der Waals surface area contributed by atoms with E-state index in [0.29, 0.717) is 0 Å². The Morgan fingerprint density at radius 1 is 0.727 bits per heavy atom. The molecule has 0 N–H and O–H groups in total. The molecule has 116 valence electrons. The van der Waals surface area contributed by atoms with Gasteiger partial charge in [-0.25, -0.2) is 0 Å². The highest BCUT2D eigenvalue weighted by molar-refractivity contribution is 5.17. The molecule has 2 aromatic rings. The molecule has 1 aliphatic rings. The zero-order valence-corrected chi connectivity index (χ0v) is 13.3. The van der Waals surface area contributed by atoms with Gasteiger partial charge in [0, 0.05) is 26.2 Å². The minimum atomic E-state index is 1.03. The van der Waals surface area contributed by atoms with Crippen LogP contribution >= 0.6 is 0 Å². The van der Waals surface area contributed by atoms with Gasteiger partial charge in [-0.2, -0.15) is 0 Å². The molecule has 0 saturated carbocycles. The summed E-state index contributed by atoms with van der Waals surface area (Å²) in [6.07, 6.45) is 2.74. The van der Waals surface area contributed by atoms with Crippen molar-refractivity contribution in [1.82, 2.24) is 9.80 Å². The summed E-state index contributed by atoms with van der Waals surface area (Å²) in [5, 5.41) is 0. The summed E-state index contributed by atoms with van der Waals surface area (Å²) < 4.78 is 0. The first kappa shape index (κ1) is 15.3. The van der Waals surface area contributed by atoms with Crippen molar-refractivity contribution in [1.29, 1.82) is 0 Å². The van der Waals surface area contributed by atoms with Gasteiger partial charge in [0.1, 0.15) is 0 Å². The monoisotopic (exact) mass is 294 g/mol. The Morgan fingerprint density at radius 2 is 1.23 bits per heavy atom. The average molecular weight is 294 g/mol. The summed E-state index contributed by atoms with van der Waals surface area (Å²) in [5.74, 6) is 0. The molecule has 0 aliphatic carbocycles. The summed E-state index contributed by atoms with van der Waals surface area (Å²) >= 11 is 0. The van der Waals surface area contributed by atoms with E-state index >= 15 is 0 Å². The van der Waals surface area contributed by atoms with Crippen molar-refractivity contribution in [2.75, 3.05) is 26.2 Å². The standard InChI is InChI=1S/C20H26N2/c1-3-9-19(10-4-1)17-22(16-15-21-13-7-8-14-21)18-20-11-5-2-6-12-20/h1-6,9-12H,7-8,13-18H2. The van der Waals surface area contributed by atoms with Gasteiger partial charge in [0.2, 0.25) is 0 Å².